The molecule has 4 atom stereocenters. The molecule has 46 heavy (non-hydrogen) atoms. The molecule has 2 fully saturated rings. The molecule has 8 heteroatoms. The van der Waals surface area contributed by atoms with Crippen molar-refractivity contribution in [2.75, 3.05) is 33.8 Å². The van der Waals surface area contributed by atoms with Gasteiger partial charge in [0, 0.05) is 46.5 Å². The number of hydrogen-bond donors (Lipinski definition) is 1. The first-order valence-corrected chi connectivity index (χ1v) is 16.6. The molecule has 5 nitrogen and oxygen atoms in total. The molecule has 2 aliphatic rings. The number of unbranched alkanes of at least 4 members (excludes halogenated alkanes) is 1. The molecule has 2 bridgehead atoms. The van der Waals surface area contributed by atoms with E-state index in [9.17, 15) is 5.11 Å². The Morgan fingerprint density at radius 3 is 2.35 bits per heavy atom. The molecule has 5 aromatic rings. The molecule has 242 valence electrons. The molecule has 3 heterocycles. The number of aliphatic hydroxyl groups is 1. The van der Waals surface area contributed by atoms with Crippen LogP contribution in [0.2, 0.25) is 0 Å². The Morgan fingerprint density at radius 1 is 0.870 bits per heavy atom. The second-order valence-corrected chi connectivity index (χ2v) is 13.6. The molecular formula is C38H44BrN3O2S2. The maximum absolute atomic E-state index is 13.3. The number of benzene rings is 4. The normalized spacial score (nSPS) is 19.8. The lowest BCUT2D eigenvalue weighted by Gasteiger charge is -2.39. The molecule has 7 rings (SSSR count). The molecule has 1 aromatic heterocycles. The number of piperazine rings is 1. The summed E-state index contributed by atoms with van der Waals surface area (Å²) in [6, 6.07) is 34.8. The van der Waals surface area contributed by atoms with Crippen molar-refractivity contribution in [1.29, 1.82) is 0 Å². The Balaban J connectivity index is 0.00000208. The van der Waals surface area contributed by atoms with Gasteiger partial charge >= 0.3 is 0 Å². The van der Waals surface area contributed by atoms with Gasteiger partial charge in [0.2, 0.25) is 5.88 Å². The van der Waals surface area contributed by atoms with E-state index in [0.717, 1.165) is 63.4 Å². The third-order valence-corrected chi connectivity index (χ3v) is 10.5. The number of likely N-dealkylation sites (N-methyl/N-ethyl adjacent to an activating group) is 1. The molecule has 2 saturated heterocycles. The second-order valence-electron chi connectivity index (χ2n) is 12.7. The third-order valence-electron chi connectivity index (χ3n) is 10.0. The highest BCUT2D eigenvalue weighted by molar-refractivity contribution is 9.10. The van der Waals surface area contributed by atoms with Crippen molar-refractivity contribution in [1.82, 2.24) is 14.8 Å². The summed E-state index contributed by atoms with van der Waals surface area (Å²) < 4.78 is 6.96. The summed E-state index contributed by atoms with van der Waals surface area (Å²) in [5.41, 5.74) is 2.51. The van der Waals surface area contributed by atoms with Crippen LogP contribution >= 0.6 is 42.9 Å². The van der Waals surface area contributed by atoms with Gasteiger partial charge in [-0.15, -0.1) is 0 Å². The van der Waals surface area contributed by atoms with Crippen LogP contribution in [0.25, 0.3) is 21.7 Å². The zero-order chi connectivity index (χ0) is 30.3. The minimum absolute atomic E-state index is 0. The SMILES string of the molecule is COc1nc2ccc(Br)cc2cc1C(c1ccccc1)C(O)(CCCCN1CC2CC1CN2C)c1ccc2ccccc2c1.S.S. The number of halogens is 1. The lowest BCUT2D eigenvalue weighted by molar-refractivity contribution is 0.00633. The summed E-state index contributed by atoms with van der Waals surface area (Å²) in [7, 11) is 3.93. The number of pyridine rings is 1. The maximum atomic E-state index is 13.3. The van der Waals surface area contributed by atoms with E-state index in [4.69, 9.17) is 9.72 Å². The van der Waals surface area contributed by atoms with E-state index >= 15 is 0 Å². The van der Waals surface area contributed by atoms with Crippen molar-refractivity contribution in [2.45, 2.75) is 49.3 Å². The quantitative estimate of drug-likeness (QED) is 0.149. The number of rotatable bonds is 10. The Bertz CT molecular complexity index is 1790. The van der Waals surface area contributed by atoms with Crippen LogP contribution in [0.3, 0.4) is 0 Å². The van der Waals surface area contributed by atoms with E-state index in [-0.39, 0.29) is 27.0 Å². The van der Waals surface area contributed by atoms with Gasteiger partial charge in [-0.25, -0.2) is 4.98 Å². The number of likely N-dealkylation sites (tertiary alicyclic amines) is 2. The smallest absolute Gasteiger partial charge is 0.217 e. The van der Waals surface area contributed by atoms with E-state index in [0.29, 0.717) is 24.4 Å². The highest BCUT2D eigenvalue weighted by Crippen LogP contribution is 2.48. The average molecular weight is 719 g/mol. The molecule has 0 amide bonds. The van der Waals surface area contributed by atoms with Crippen molar-refractivity contribution in [3.05, 3.63) is 118 Å². The monoisotopic (exact) mass is 717 g/mol. The fourth-order valence-corrected chi connectivity index (χ4v) is 8.10. The van der Waals surface area contributed by atoms with E-state index in [1.807, 2.05) is 18.2 Å². The predicted molar refractivity (Wildman–Crippen MR) is 203 cm³/mol. The summed E-state index contributed by atoms with van der Waals surface area (Å²) >= 11 is 3.64. The summed E-state index contributed by atoms with van der Waals surface area (Å²) in [5.74, 6) is 0.150. The zero-order valence-electron chi connectivity index (χ0n) is 26.5. The molecule has 0 saturated carbocycles. The highest BCUT2D eigenvalue weighted by Gasteiger charge is 2.43. The van der Waals surface area contributed by atoms with Gasteiger partial charge in [-0.05, 0) is 91.5 Å². The minimum atomic E-state index is -1.20. The minimum Gasteiger partial charge on any atom is -0.481 e. The molecule has 0 aliphatic carbocycles. The summed E-state index contributed by atoms with van der Waals surface area (Å²) in [6.07, 6.45) is 3.86. The topological polar surface area (TPSA) is 48.8 Å². The van der Waals surface area contributed by atoms with Crippen LogP contribution in [0.5, 0.6) is 5.88 Å². The van der Waals surface area contributed by atoms with Crippen molar-refractivity contribution in [2.24, 2.45) is 0 Å². The maximum Gasteiger partial charge on any atom is 0.217 e. The van der Waals surface area contributed by atoms with Gasteiger partial charge in [0.15, 0.2) is 0 Å². The standard InChI is InChI=1S/C38H40BrN3O2.2H2S/c1-41-24-33-23-32(41)25-42(33)19-9-8-18-38(43,30-15-14-26-10-6-7-13-28(26)20-30)36(27-11-4-3-5-12-27)34-22-29-21-31(39)16-17-35(29)40-37(34)44-2;;/h3-7,10-17,20-22,32-33,36,43H,8-9,18-19,23-25H2,1-2H3;2*1H2. The van der Waals surface area contributed by atoms with Gasteiger partial charge in [0.1, 0.15) is 5.60 Å². The first-order chi connectivity index (χ1) is 21.4. The van der Waals surface area contributed by atoms with Crippen LogP contribution in [0.4, 0.5) is 0 Å². The lowest BCUT2D eigenvalue weighted by Crippen LogP contribution is -2.44. The average Bonchev–Trinajstić information content (AvgIpc) is 3.62. The molecule has 1 N–H and O–H groups in total. The summed E-state index contributed by atoms with van der Waals surface area (Å²) in [5, 5.41) is 16.6. The highest BCUT2D eigenvalue weighted by atomic mass is 79.9. The van der Waals surface area contributed by atoms with Crippen LogP contribution in [0, 0.1) is 0 Å². The number of fused-ring (bicyclic) bond motifs is 4. The fourth-order valence-electron chi connectivity index (χ4n) is 7.72. The molecule has 2 aliphatic heterocycles. The van der Waals surface area contributed by atoms with Gasteiger partial charge < -0.3 is 14.7 Å². The molecule has 4 unspecified atom stereocenters. The van der Waals surface area contributed by atoms with Gasteiger partial charge in [-0.2, -0.15) is 27.0 Å². The predicted octanol–water partition coefficient (Wildman–Crippen LogP) is 7.96. The molecule has 0 spiro atoms. The number of aromatic nitrogens is 1. The number of nitrogens with zero attached hydrogens (tertiary/aromatic N) is 3. The van der Waals surface area contributed by atoms with Gasteiger partial charge in [-0.1, -0.05) is 82.7 Å². The van der Waals surface area contributed by atoms with Crippen LogP contribution < -0.4 is 4.74 Å². The Hall–Kier alpha value is -2.59. The van der Waals surface area contributed by atoms with E-state index in [1.54, 1.807) is 7.11 Å². The molecule has 0 radical (unpaired) electrons. The van der Waals surface area contributed by atoms with Crippen molar-refractivity contribution < 1.29 is 9.84 Å². The van der Waals surface area contributed by atoms with Crippen molar-refractivity contribution >= 4 is 64.6 Å². The second kappa shape index (κ2) is 14.7. The van der Waals surface area contributed by atoms with Gasteiger partial charge in [-0.3, -0.25) is 4.90 Å². The van der Waals surface area contributed by atoms with E-state index in [2.05, 4.69) is 112 Å². The van der Waals surface area contributed by atoms with E-state index < -0.39 is 11.5 Å². The summed E-state index contributed by atoms with van der Waals surface area (Å²) in [4.78, 5) is 10.1. The number of methoxy groups -OCH3 is 1. The molecule has 4 aromatic carbocycles. The first-order valence-electron chi connectivity index (χ1n) is 15.8. The zero-order valence-corrected chi connectivity index (χ0v) is 30.1. The van der Waals surface area contributed by atoms with Crippen LogP contribution in [0.15, 0.2) is 102 Å². The Kier molecular flexibility index (Phi) is 11.1. The third kappa shape index (κ3) is 6.71. The first kappa shape index (κ1) is 34.7. The van der Waals surface area contributed by atoms with Crippen LogP contribution in [-0.4, -0.2) is 65.8 Å². The van der Waals surface area contributed by atoms with Crippen LogP contribution in [-0.2, 0) is 5.60 Å². The molecular weight excluding hydrogens is 674 g/mol. The Labute approximate surface area is 295 Å². The largest absolute Gasteiger partial charge is 0.481 e. The van der Waals surface area contributed by atoms with Crippen molar-refractivity contribution in [3.63, 3.8) is 0 Å². The lowest BCUT2D eigenvalue weighted by atomic mass is 9.71. The van der Waals surface area contributed by atoms with Crippen LogP contribution in [0.1, 0.15) is 48.3 Å². The summed E-state index contributed by atoms with van der Waals surface area (Å²) in [6.45, 7) is 3.42. The van der Waals surface area contributed by atoms with Gasteiger partial charge in [0.25, 0.3) is 0 Å². The fraction of sp³-hybridized carbons (Fsp3) is 0.342. The van der Waals surface area contributed by atoms with Crippen molar-refractivity contribution in [3.8, 4) is 5.88 Å². The van der Waals surface area contributed by atoms with E-state index in [1.165, 1.54) is 18.4 Å². The Morgan fingerprint density at radius 2 is 1.63 bits per heavy atom. The number of hydrogen-bond acceptors (Lipinski definition) is 5. The van der Waals surface area contributed by atoms with Gasteiger partial charge in [0.05, 0.1) is 12.6 Å². The number of ether oxygens (including phenoxy) is 1.